The van der Waals surface area contributed by atoms with Crippen molar-refractivity contribution >= 4 is 0 Å². The van der Waals surface area contributed by atoms with E-state index in [0.717, 1.165) is 6.07 Å². The third-order valence-corrected chi connectivity index (χ3v) is 1.72. The molecule has 0 atom stereocenters. The first-order valence-corrected chi connectivity index (χ1v) is 3.99. The molecule has 0 amide bonds. The highest BCUT2D eigenvalue weighted by Gasteiger charge is 2.30. The molecule has 0 aliphatic heterocycles. The molecule has 0 heterocycles. The zero-order chi connectivity index (χ0) is 9.90. The highest BCUT2D eigenvalue weighted by atomic mass is 19.4. The van der Waals surface area contributed by atoms with E-state index in [1.807, 2.05) is 0 Å². The third kappa shape index (κ3) is 2.73. The zero-order valence-electron chi connectivity index (χ0n) is 7.06. The van der Waals surface area contributed by atoms with Crippen LogP contribution in [0.2, 0.25) is 0 Å². The summed E-state index contributed by atoms with van der Waals surface area (Å²) in [5, 5.41) is 0. The van der Waals surface area contributed by atoms with Gasteiger partial charge in [-0.1, -0.05) is 18.2 Å². The van der Waals surface area contributed by atoms with Gasteiger partial charge in [-0.3, -0.25) is 0 Å². The van der Waals surface area contributed by atoms with Crippen LogP contribution in [0.5, 0.6) is 0 Å². The Morgan fingerprint density at radius 2 is 1.92 bits per heavy atom. The van der Waals surface area contributed by atoms with Crippen LogP contribution in [0.1, 0.15) is 11.1 Å². The van der Waals surface area contributed by atoms with Gasteiger partial charge in [0.2, 0.25) is 0 Å². The van der Waals surface area contributed by atoms with Crippen molar-refractivity contribution in [1.82, 2.24) is 0 Å². The van der Waals surface area contributed by atoms with Gasteiger partial charge in [0, 0.05) is 6.42 Å². The average Bonchev–Trinajstić information content (AvgIpc) is 2.04. The van der Waals surface area contributed by atoms with E-state index in [9.17, 15) is 13.2 Å². The molecule has 0 bridgehead atoms. The molecule has 0 unspecified atom stereocenters. The van der Waals surface area contributed by atoms with Crippen molar-refractivity contribution in [2.75, 3.05) is 6.54 Å². The minimum absolute atomic E-state index is 0.585. The van der Waals surface area contributed by atoms with Gasteiger partial charge in [-0.05, 0) is 11.6 Å². The summed E-state index contributed by atoms with van der Waals surface area (Å²) in [7, 11) is 0. The highest BCUT2D eigenvalue weighted by molar-refractivity contribution is 5.25. The van der Waals surface area contributed by atoms with Crippen LogP contribution < -0.4 is 5.73 Å². The Hall–Kier alpha value is -1.03. The number of hydrogen-bond acceptors (Lipinski definition) is 0. The maximum Gasteiger partial charge on any atom is 0.416 e. The van der Waals surface area contributed by atoms with Crippen molar-refractivity contribution < 1.29 is 18.9 Å². The van der Waals surface area contributed by atoms with E-state index < -0.39 is 11.7 Å². The van der Waals surface area contributed by atoms with E-state index in [1.54, 1.807) is 6.07 Å². The summed E-state index contributed by atoms with van der Waals surface area (Å²) in [5.74, 6) is 0. The summed E-state index contributed by atoms with van der Waals surface area (Å²) in [5.41, 5.74) is 3.69. The number of quaternary nitrogens is 1. The Morgan fingerprint density at radius 3 is 2.46 bits per heavy atom. The topological polar surface area (TPSA) is 27.6 Å². The van der Waals surface area contributed by atoms with Gasteiger partial charge in [-0.2, -0.15) is 13.2 Å². The fourth-order valence-electron chi connectivity index (χ4n) is 1.11. The van der Waals surface area contributed by atoms with Crippen LogP contribution in [-0.4, -0.2) is 6.54 Å². The molecule has 3 N–H and O–H groups in total. The van der Waals surface area contributed by atoms with Crippen LogP contribution in [0.25, 0.3) is 0 Å². The number of rotatable bonds is 2. The van der Waals surface area contributed by atoms with Gasteiger partial charge in [0.05, 0.1) is 12.1 Å². The van der Waals surface area contributed by atoms with E-state index in [-0.39, 0.29) is 0 Å². The van der Waals surface area contributed by atoms with Crippen LogP contribution in [-0.2, 0) is 12.6 Å². The normalized spacial score (nSPS) is 11.7. The second-order valence-electron chi connectivity index (χ2n) is 2.80. The first-order chi connectivity index (χ1) is 6.04. The molecule has 13 heavy (non-hydrogen) atoms. The molecule has 0 saturated carbocycles. The van der Waals surface area contributed by atoms with E-state index in [2.05, 4.69) is 5.73 Å². The van der Waals surface area contributed by atoms with Gasteiger partial charge in [0.15, 0.2) is 0 Å². The zero-order valence-corrected chi connectivity index (χ0v) is 7.06. The van der Waals surface area contributed by atoms with Crippen molar-refractivity contribution in [2.45, 2.75) is 12.6 Å². The van der Waals surface area contributed by atoms with Crippen LogP contribution in [0.3, 0.4) is 0 Å². The summed E-state index contributed by atoms with van der Waals surface area (Å²) < 4.78 is 36.6. The molecule has 0 fully saturated rings. The Labute approximate surface area is 74.4 Å². The number of halogens is 3. The largest absolute Gasteiger partial charge is 0.416 e. The third-order valence-electron chi connectivity index (χ3n) is 1.72. The maximum absolute atomic E-state index is 12.2. The van der Waals surface area contributed by atoms with E-state index in [0.29, 0.717) is 18.5 Å². The molecular weight excluding hydrogens is 179 g/mol. The van der Waals surface area contributed by atoms with Crippen LogP contribution in [0.15, 0.2) is 24.3 Å². The van der Waals surface area contributed by atoms with Gasteiger partial charge >= 0.3 is 6.18 Å². The molecule has 0 radical (unpaired) electrons. The predicted molar refractivity (Wildman–Crippen MR) is 42.9 cm³/mol. The lowest BCUT2D eigenvalue weighted by atomic mass is 10.1. The molecule has 4 heteroatoms. The van der Waals surface area contributed by atoms with Crippen molar-refractivity contribution in [2.24, 2.45) is 0 Å². The van der Waals surface area contributed by atoms with E-state index in [4.69, 9.17) is 0 Å². The molecule has 1 aromatic rings. The Balaban J connectivity index is 2.92. The lowest BCUT2D eigenvalue weighted by Crippen LogP contribution is -2.51. The first-order valence-electron chi connectivity index (χ1n) is 3.99. The van der Waals surface area contributed by atoms with Gasteiger partial charge < -0.3 is 5.73 Å². The quantitative estimate of drug-likeness (QED) is 0.731. The fraction of sp³-hybridized carbons (Fsp3) is 0.333. The summed E-state index contributed by atoms with van der Waals surface area (Å²) in [6, 6.07) is 5.35. The SMILES string of the molecule is [NH3+]CCc1cccc(C(F)(F)F)c1. The molecule has 72 valence electrons. The number of alkyl halides is 3. The van der Waals surface area contributed by atoms with E-state index in [1.165, 1.54) is 12.1 Å². The van der Waals surface area contributed by atoms with Gasteiger partial charge in [0.1, 0.15) is 0 Å². The number of hydrogen-bond donors (Lipinski definition) is 1. The summed E-state index contributed by atoms with van der Waals surface area (Å²) >= 11 is 0. The minimum atomic E-state index is -4.24. The minimum Gasteiger partial charge on any atom is -0.357 e. The molecular formula is C9H11F3N+. The second-order valence-corrected chi connectivity index (χ2v) is 2.80. The smallest absolute Gasteiger partial charge is 0.357 e. The van der Waals surface area contributed by atoms with Crippen molar-refractivity contribution in [3.8, 4) is 0 Å². The van der Waals surface area contributed by atoms with Gasteiger partial charge in [0.25, 0.3) is 0 Å². The molecule has 0 aliphatic carbocycles. The summed E-state index contributed by atoms with van der Waals surface area (Å²) in [6.45, 7) is 0.612. The van der Waals surface area contributed by atoms with Crippen molar-refractivity contribution in [3.63, 3.8) is 0 Å². The lowest BCUT2D eigenvalue weighted by Gasteiger charge is -2.07. The van der Waals surface area contributed by atoms with Crippen LogP contribution in [0, 0.1) is 0 Å². The Bertz CT molecular complexity index is 280. The molecule has 0 aromatic heterocycles. The standard InChI is InChI=1S/C9H10F3N/c10-9(11,12)8-3-1-2-7(6-8)4-5-13/h1-3,6H,4-5,13H2/p+1. The fourth-order valence-corrected chi connectivity index (χ4v) is 1.11. The van der Waals surface area contributed by atoms with Crippen molar-refractivity contribution in [3.05, 3.63) is 35.4 Å². The molecule has 1 aromatic carbocycles. The van der Waals surface area contributed by atoms with Gasteiger partial charge in [-0.25, -0.2) is 0 Å². The lowest BCUT2D eigenvalue weighted by molar-refractivity contribution is -0.366. The molecule has 0 saturated heterocycles. The molecule has 0 aliphatic rings. The van der Waals surface area contributed by atoms with Crippen LogP contribution >= 0.6 is 0 Å². The average molecular weight is 190 g/mol. The first kappa shape index (κ1) is 10.1. The van der Waals surface area contributed by atoms with E-state index >= 15 is 0 Å². The molecule has 0 spiro atoms. The monoisotopic (exact) mass is 190 g/mol. The molecule has 1 rings (SSSR count). The number of benzene rings is 1. The Morgan fingerprint density at radius 1 is 1.23 bits per heavy atom. The molecule has 1 nitrogen and oxygen atoms in total. The van der Waals surface area contributed by atoms with Gasteiger partial charge in [-0.15, -0.1) is 0 Å². The predicted octanol–water partition coefficient (Wildman–Crippen LogP) is 1.49. The second kappa shape index (κ2) is 3.79. The summed E-state index contributed by atoms with van der Waals surface area (Å²) in [6.07, 6.45) is -3.65. The maximum atomic E-state index is 12.2. The van der Waals surface area contributed by atoms with Crippen molar-refractivity contribution in [1.29, 1.82) is 0 Å². The van der Waals surface area contributed by atoms with Crippen LogP contribution in [0.4, 0.5) is 13.2 Å². The highest BCUT2D eigenvalue weighted by Crippen LogP contribution is 2.29. The summed E-state index contributed by atoms with van der Waals surface area (Å²) in [4.78, 5) is 0. The Kier molecular flexibility index (Phi) is 2.93.